The van der Waals surface area contributed by atoms with Crippen molar-refractivity contribution in [3.63, 3.8) is 0 Å². The van der Waals surface area contributed by atoms with Crippen LogP contribution in [0.3, 0.4) is 0 Å². The second-order valence-electron chi connectivity index (χ2n) is 5.02. The number of hydrogen-bond acceptors (Lipinski definition) is 4. The first-order chi connectivity index (χ1) is 10.7. The summed E-state index contributed by atoms with van der Waals surface area (Å²) in [6.07, 6.45) is -1.35. The highest BCUT2D eigenvalue weighted by Gasteiger charge is 2.27. The van der Waals surface area contributed by atoms with E-state index in [9.17, 15) is 14.7 Å². The second-order valence-corrected chi connectivity index (χ2v) is 5.02. The van der Waals surface area contributed by atoms with Gasteiger partial charge in [0.15, 0.2) is 12.1 Å². The van der Waals surface area contributed by atoms with E-state index in [1.54, 1.807) is 48.5 Å². The molecule has 3 aromatic rings. The molecule has 2 heterocycles. The summed E-state index contributed by atoms with van der Waals surface area (Å²) in [6.45, 7) is 0. The fraction of sp³-hybridized carbons (Fsp3) is 0.0625. The fourth-order valence-electron chi connectivity index (χ4n) is 2.69. The number of nitrogens with one attached hydrogen (secondary N) is 1. The Hall–Kier alpha value is -2.99. The number of aliphatic hydroxyl groups excluding tert-OH is 1. The SMILES string of the molecule is O=C1NC(O)c2nc3ccccc3c(=O)n2-c2ccccc21. The van der Waals surface area contributed by atoms with Gasteiger partial charge in [-0.2, -0.15) is 0 Å². The van der Waals surface area contributed by atoms with Crippen molar-refractivity contribution in [1.29, 1.82) is 0 Å². The van der Waals surface area contributed by atoms with E-state index in [0.29, 0.717) is 22.2 Å². The molecular weight excluding hydrogens is 282 g/mol. The van der Waals surface area contributed by atoms with Gasteiger partial charge in [0.2, 0.25) is 0 Å². The van der Waals surface area contributed by atoms with E-state index in [4.69, 9.17) is 0 Å². The topological polar surface area (TPSA) is 84.2 Å². The molecule has 0 saturated carbocycles. The van der Waals surface area contributed by atoms with Gasteiger partial charge in [-0.05, 0) is 24.3 Å². The molecule has 1 aliphatic heterocycles. The lowest BCUT2D eigenvalue weighted by Gasteiger charge is -2.14. The smallest absolute Gasteiger partial charge is 0.266 e. The van der Waals surface area contributed by atoms with Crippen molar-refractivity contribution in [2.45, 2.75) is 6.23 Å². The molecule has 0 aliphatic carbocycles. The van der Waals surface area contributed by atoms with Gasteiger partial charge in [-0.25, -0.2) is 4.98 Å². The van der Waals surface area contributed by atoms with Gasteiger partial charge in [0.05, 0.1) is 22.2 Å². The number of aliphatic hydroxyl groups is 1. The van der Waals surface area contributed by atoms with Crippen LogP contribution in [0.4, 0.5) is 0 Å². The van der Waals surface area contributed by atoms with E-state index in [1.165, 1.54) is 4.57 Å². The van der Waals surface area contributed by atoms with Crippen LogP contribution in [0.1, 0.15) is 22.4 Å². The molecule has 2 N–H and O–H groups in total. The van der Waals surface area contributed by atoms with Crippen LogP contribution in [0.15, 0.2) is 53.3 Å². The number of nitrogens with zero attached hydrogens (tertiary/aromatic N) is 2. The molecule has 1 aromatic heterocycles. The highest BCUT2D eigenvalue weighted by molar-refractivity contribution is 5.98. The predicted octanol–water partition coefficient (Wildman–Crippen LogP) is 1.12. The largest absolute Gasteiger partial charge is 0.367 e. The first-order valence-electron chi connectivity index (χ1n) is 6.77. The van der Waals surface area contributed by atoms with Gasteiger partial charge < -0.3 is 10.4 Å². The quantitative estimate of drug-likeness (QED) is 0.650. The Morgan fingerprint density at radius 3 is 2.64 bits per heavy atom. The minimum absolute atomic E-state index is 0.0991. The van der Waals surface area contributed by atoms with Gasteiger partial charge in [0, 0.05) is 0 Å². The van der Waals surface area contributed by atoms with E-state index >= 15 is 0 Å². The molecule has 0 radical (unpaired) electrons. The number of para-hydroxylation sites is 2. The van der Waals surface area contributed by atoms with Crippen LogP contribution in [-0.4, -0.2) is 20.6 Å². The molecule has 0 spiro atoms. The van der Waals surface area contributed by atoms with Gasteiger partial charge in [-0.15, -0.1) is 0 Å². The zero-order chi connectivity index (χ0) is 15.3. The Balaban J connectivity index is 2.20. The Labute approximate surface area is 124 Å². The molecule has 0 fully saturated rings. The summed E-state index contributed by atoms with van der Waals surface area (Å²) in [6, 6.07) is 13.6. The lowest BCUT2D eigenvalue weighted by molar-refractivity contribution is 0.0771. The van der Waals surface area contributed by atoms with Crippen molar-refractivity contribution >= 4 is 16.8 Å². The third kappa shape index (κ3) is 1.68. The molecule has 1 unspecified atom stereocenters. The standard InChI is InChI=1S/C16H11N3O3/c20-14-10-6-2-4-8-12(10)19-13(15(21)18-14)17-11-7-3-1-5-9(11)16(19)22/h1-8,15,21H,(H,18,20). The number of benzene rings is 2. The molecule has 1 amide bonds. The van der Waals surface area contributed by atoms with Crippen LogP contribution in [0.5, 0.6) is 0 Å². The van der Waals surface area contributed by atoms with Gasteiger partial charge in [-0.3, -0.25) is 14.2 Å². The van der Waals surface area contributed by atoms with E-state index in [0.717, 1.165) is 0 Å². The first-order valence-corrected chi connectivity index (χ1v) is 6.77. The number of rotatable bonds is 0. The molecule has 22 heavy (non-hydrogen) atoms. The average molecular weight is 293 g/mol. The summed E-state index contributed by atoms with van der Waals surface area (Å²) in [5, 5.41) is 13.1. The summed E-state index contributed by atoms with van der Waals surface area (Å²) >= 11 is 0. The first kappa shape index (κ1) is 12.7. The molecule has 1 atom stereocenters. The van der Waals surface area contributed by atoms with E-state index in [2.05, 4.69) is 10.3 Å². The number of hydrogen-bond donors (Lipinski definition) is 2. The minimum atomic E-state index is -1.35. The minimum Gasteiger partial charge on any atom is -0.367 e. The number of aromatic nitrogens is 2. The van der Waals surface area contributed by atoms with Crippen molar-refractivity contribution in [3.05, 3.63) is 70.3 Å². The van der Waals surface area contributed by atoms with Crippen molar-refractivity contribution in [3.8, 4) is 5.69 Å². The van der Waals surface area contributed by atoms with Crippen molar-refractivity contribution in [1.82, 2.24) is 14.9 Å². The molecule has 0 bridgehead atoms. The van der Waals surface area contributed by atoms with Crippen molar-refractivity contribution in [2.75, 3.05) is 0 Å². The zero-order valence-electron chi connectivity index (χ0n) is 11.4. The van der Waals surface area contributed by atoms with Crippen LogP contribution in [0.2, 0.25) is 0 Å². The van der Waals surface area contributed by atoms with Crippen LogP contribution >= 0.6 is 0 Å². The molecule has 6 nitrogen and oxygen atoms in total. The zero-order valence-corrected chi connectivity index (χ0v) is 11.4. The fourth-order valence-corrected chi connectivity index (χ4v) is 2.69. The highest BCUT2D eigenvalue weighted by Crippen LogP contribution is 2.23. The summed E-state index contributed by atoms with van der Waals surface area (Å²) in [7, 11) is 0. The van der Waals surface area contributed by atoms with Gasteiger partial charge in [0.1, 0.15) is 0 Å². The molecule has 6 heteroatoms. The van der Waals surface area contributed by atoms with Crippen LogP contribution in [0, 0.1) is 0 Å². The lowest BCUT2D eigenvalue weighted by Crippen LogP contribution is -2.30. The third-order valence-electron chi connectivity index (χ3n) is 3.70. The summed E-state index contributed by atoms with van der Waals surface area (Å²) in [4.78, 5) is 29.3. The predicted molar refractivity (Wildman–Crippen MR) is 79.8 cm³/mol. The molecule has 2 aromatic carbocycles. The third-order valence-corrected chi connectivity index (χ3v) is 3.70. The van der Waals surface area contributed by atoms with E-state index in [-0.39, 0.29) is 11.4 Å². The van der Waals surface area contributed by atoms with Crippen LogP contribution < -0.4 is 10.9 Å². The Bertz CT molecular complexity index is 978. The van der Waals surface area contributed by atoms with E-state index < -0.39 is 12.1 Å². The van der Waals surface area contributed by atoms with Gasteiger partial charge in [-0.1, -0.05) is 24.3 Å². The second kappa shape index (κ2) is 4.51. The van der Waals surface area contributed by atoms with Gasteiger partial charge in [0.25, 0.3) is 11.5 Å². The maximum Gasteiger partial charge on any atom is 0.266 e. The molecule has 4 rings (SSSR count). The van der Waals surface area contributed by atoms with Crippen molar-refractivity contribution in [2.24, 2.45) is 0 Å². The van der Waals surface area contributed by atoms with Gasteiger partial charge >= 0.3 is 0 Å². The van der Waals surface area contributed by atoms with Crippen LogP contribution in [-0.2, 0) is 0 Å². The molecule has 0 saturated heterocycles. The molecule has 108 valence electrons. The summed E-state index contributed by atoms with van der Waals surface area (Å²) in [5.74, 6) is -0.348. The van der Waals surface area contributed by atoms with Crippen LogP contribution in [0.25, 0.3) is 16.6 Å². The average Bonchev–Trinajstić information content (AvgIpc) is 2.64. The number of fused-ring (bicyclic) bond motifs is 4. The normalized spacial score (nSPS) is 16.6. The molecule has 1 aliphatic rings. The Morgan fingerprint density at radius 2 is 1.77 bits per heavy atom. The highest BCUT2D eigenvalue weighted by atomic mass is 16.3. The summed E-state index contributed by atoms with van der Waals surface area (Å²) < 4.78 is 1.29. The molecular formula is C16H11N3O3. The lowest BCUT2D eigenvalue weighted by atomic mass is 10.1. The maximum atomic E-state index is 12.8. The Kier molecular flexibility index (Phi) is 2.61. The number of amides is 1. The maximum absolute atomic E-state index is 12.8. The monoisotopic (exact) mass is 293 g/mol. The number of carbonyl (C=O) groups excluding carboxylic acids is 1. The Morgan fingerprint density at radius 1 is 1.05 bits per heavy atom. The van der Waals surface area contributed by atoms with Crippen molar-refractivity contribution < 1.29 is 9.90 Å². The number of carbonyl (C=O) groups is 1. The summed E-state index contributed by atoms with van der Waals surface area (Å²) in [5.41, 5.74) is 0.893. The van der Waals surface area contributed by atoms with E-state index in [1.807, 2.05) is 0 Å².